The molecule has 0 radical (unpaired) electrons. The number of hydrogen-bond donors (Lipinski definition) is 1. The number of amides is 1. The van der Waals surface area contributed by atoms with E-state index < -0.39 is 24.3 Å². The molecule has 5 nitrogen and oxygen atoms in total. The number of benzene rings is 2. The summed E-state index contributed by atoms with van der Waals surface area (Å²) in [6, 6.07) is 9.52. The highest BCUT2D eigenvalue weighted by molar-refractivity contribution is 9.10. The molecule has 8 heteroatoms. The van der Waals surface area contributed by atoms with Crippen LogP contribution in [0.3, 0.4) is 0 Å². The van der Waals surface area contributed by atoms with E-state index in [1.807, 2.05) is 0 Å². The minimum atomic E-state index is -1.30. The number of carboxylic acid groups (broad SMARTS) is 1. The van der Waals surface area contributed by atoms with Gasteiger partial charge in [0, 0.05) is 10.5 Å². The lowest BCUT2D eigenvalue weighted by Gasteiger charge is -2.15. The molecule has 0 spiro atoms. The molecule has 1 N–H and O–H groups in total. The van der Waals surface area contributed by atoms with E-state index >= 15 is 0 Å². The quantitative estimate of drug-likeness (QED) is 0.753. The Balaban J connectivity index is 2.18. The van der Waals surface area contributed by atoms with Crippen LogP contribution < -0.4 is 4.74 Å². The molecular formula is C16H12BrF2NO4. The van der Waals surface area contributed by atoms with E-state index in [-0.39, 0.29) is 23.0 Å². The van der Waals surface area contributed by atoms with Crippen LogP contribution in [-0.2, 0) is 11.3 Å². The normalized spacial score (nSPS) is 10.3. The van der Waals surface area contributed by atoms with Crippen molar-refractivity contribution in [3.05, 3.63) is 63.9 Å². The molecule has 2 aromatic rings. The molecule has 0 unspecified atom stereocenters. The van der Waals surface area contributed by atoms with Crippen molar-refractivity contribution < 1.29 is 28.3 Å². The molecule has 24 heavy (non-hydrogen) atoms. The van der Waals surface area contributed by atoms with Gasteiger partial charge in [0.05, 0.1) is 12.1 Å². The predicted molar refractivity (Wildman–Crippen MR) is 84.7 cm³/mol. The Morgan fingerprint density at radius 1 is 1.17 bits per heavy atom. The Morgan fingerprint density at radius 3 is 2.46 bits per heavy atom. The van der Waals surface area contributed by atoms with Gasteiger partial charge < -0.3 is 9.84 Å². The van der Waals surface area contributed by atoms with Crippen LogP contribution in [0.5, 0.6) is 5.75 Å². The summed E-state index contributed by atoms with van der Waals surface area (Å²) in [5.41, 5.74) is 0.279. The summed E-state index contributed by atoms with van der Waals surface area (Å²) in [4.78, 5) is 22.7. The molecule has 0 heterocycles. The highest BCUT2D eigenvalue weighted by Gasteiger charge is 2.21. The standard InChI is InChI=1S/C16H12BrF2NO4/c17-11-3-1-10(2-4-11)8-20(19)16(23)13-6-5-12(18)7-14(13)24-9-15(21)22/h1-7H,8-9H2,(H,21,22). The molecule has 0 aromatic heterocycles. The van der Waals surface area contributed by atoms with Crippen LogP contribution in [0, 0.1) is 5.82 Å². The van der Waals surface area contributed by atoms with E-state index in [0.717, 1.165) is 22.7 Å². The van der Waals surface area contributed by atoms with Gasteiger partial charge in [-0.05, 0) is 29.8 Å². The summed E-state index contributed by atoms with van der Waals surface area (Å²) in [6.07, 6.45) is 0. The first-order chi connectivity index (χ1) is 11.4. The van der Waals surface area contributed by atoms with Crippen molar-refractivity contribution in [2.24, 2.45) is 0 Å². The van der Waals surface area contributed by atoms with Crippen LogP contribution in [0.1, 0.15) is 15.9 Å². The fourth-order valence-electron chi connectivity index (χ4n) is 1.88. The van der Waals surface area contributed by atoms with Crippen LogP contribution >= 0.6 is 15.9 Å². The van der Waals surface area contributed by atoms with E-state index in [1.165, 1.54) is 0 Å². The van der Waals surface area contributed by atoms with E-state index in [0.29, 0.717) is 5.56 Å². The van der Waals surface area contributed by atoms with Crippen molar-refractivity contribution in [3.8, 4) is 5.75 Å². The van der Waals surface area contributed by atoms with Crippen molar-refractivity contribution in [1.82, 2.24) is 5.12 Å². The lowest BCUT2D eigenvalue weighted by molar-refractivity contribution is -0.139. The Morgan fingerprint density at radius 2 is 1.83 bits per heavy atom. The first kappa shape index (κ1) is 17.9. The first-order valence-electron chi connectivity index (χ1n) is 6.73. The largest absolute Gasteiger partial charge is 0.481 e. The number of carboxylic acids is 1. The van der Waals surface area contributed by atoms with Gasteiger partial charge in [-0.2, -0.15) is 5.12 Å². The minimum Gasteiger partial charge on any atom is -0.481 e. The van der Waals surface area contributed by atoms with E-state index in [1.54, 1.807) is 24.3 Å². The molecule has 0 aliphatic heterocycles. The summed E-state index contributed by atoms with van der Waals surface area (Å²) < 4.78 is 33.1. The van der Waals surface area contributed by atoms with Crippen LogP contribution in [0.4, 0.5) is 8.87 Å². The maximum atomic E-state index is 14.2. The number of aliphatic carboxylic acids is 1. The molecule has 126 valence electrons. The number of halogens is 3. The second-order valence-electron chi connectivity index (χ2n) is 4.77. The fourth-order valence-corrected chi connectivity index (χ4v) is 2.15. The summed E-state index contributed by atoms with van der Waals surface area (Å²) in [7, 11) is 0. The summed E-state index contributed by atoms with van der Waals surface area (Å²) in [5, 5.41) is 8.56. The third kappa shape index (κ3) is 4.76. The zero-order valence-corrected chi connectivity index (χ0v) is 13.8. The molecule has 0 aliphatic rings. The maximum Gasteiger partial charge on any atom is 0.341 e. The highest BCUT2D eigenvalue weighted by atomic mass is 79.9. The summed E-state index contributed by atoms with van der Waals surface area (Å²) in [6.45, 7) is -1.09. The number of carbonyl (C=O) groups is 2. The van der Waals surface area contributed by atoms with Crippen molar-refractivity contribution in [2.75, 3.05) is 6.61 Å². The van der Waals surface area contributed by atoms with Crippen molar-refractivity contribution >= 4 is 27.8 Å². The first-order valence-corrected chi connectivity index (χ1v) is 7.52. The number of hydrogen-bond acceptors (Lipinski definition) is 3. The van der Waals surface area contributed by atoms with Gasteiger partial charge in [0.1, 0.15) is 11.6 Å². The average Bonchev–Trinajstić information content (AvgIpc) is 2.54. The topological polar surface area (TPSA) is 66.8 Å². The van der Waals surface area contributed by atoms with Crippen molar-refractivity contribution in [3.63, 3.8) is 0 Å². The number of ether oxygens (including phenoxy) is 1. The highest BCUT2D eigenvalue weighted by Crippen LogP contribution is 2.23. The van der Waals surface area contributed by atoms with Gasteiger partial charge in [0.15, 0.2) is 6.61 Å². The zero-order chi connectivity index (χ0) is 17.7. The third-order valence-electron chi connectivity index (χ3n) is 2.98. The Labute approximate surface area is 144 Å². The van der Waals surface area contributed by atoms with Gasteiger partial charge in [0.25, 0.3) is 5.91 Å². The van der Waals surface area contributed by atoms with Crippen LogP contribution in [0.15, 0.2) is 46.9 Å². The molecule has 1 amide bonds. The lowest BCUT2D eigenvalue weighted by Crippen LogP contribution is -2.23. The average molecular weight is 400 g/mol. The van der Waals surface area contributed by atoms with Gasteiger partial charge >= 0.3 is 5.97 Å². The molecule has 2 aromatic carbocycles. The monoisotopic (exact) mass is 399 g/mol. The second-order valence-corrected chi connectivity index (χ2v) is 5.69. The van der Waals surface area contributed by atoms with E-state index in [9.17, 15) is 18.5 Å². The van der Waals surface area contributed by atoms with E-state index in [4.69, 9.17) is 9.84 Å². The summed E-state index contributed by atoms with van der Waals surface area (Å²) in [5.74, 6) is -3.42. The van der Waals surface area contributed by atoms with Gasteiger partial charge in [-0.15, -0.1) is 0 Å². The van der Waals surface area contributed by atoms with Gasteiger partial charge in [-0.1, -0.05) is 32.5 Å². The SMILES string of the molecule is O=C(O)COc1cc(F)ccc1C(=O)N(F)Cc1ccc(Br)cc1. The Hall–Kier alpha value is -2.48. The Kier molecular flexibility index (Phi) is 5.86. The smallest absolute Gasteiger partial charge is 0.341 e. The molecule has 0 saturated carbocycles. The maximum absolute atomic E-state index is 14.2. The van der Waals surface area contributed by atoms with Crippen LogP contribution in [0.2, 0.25) is 0 Å². The van der Waals surface area contributed by atoms with Crippen molar-refractivity contribution in [2.45, 2.75) is 6.54 Å². The minimum absolute atomic E-state index is 0.0515. The van der Waals surface area contributed by atoms with Crippen LogP contribution in [-0.4, -0.2) is 28.7 Å². The Bertz CT molecular complexity index is 752. The molecular weight excluding hydrogens is 388 g/mol. The van der Waals surface area contributed by atoms with Crippen molar-refractivity contribution in [1.29, 1.82) is 0 Å². The molecule has 0 fully saturated rings. The number of carbonyl (C=O) groups excluding carboxylic acids is 1. The van der Waals surface area contributed by atoms with Gasteiger partial charge in [-0.25, -0.2) is 9.18 Å². The van der Waals surface area contributed by atoms with Gasteiger partial charge in [-0.3, -0.25) is 4.79 Å². The fraction of sp³-hybridized carbons (Fsp3) is 0.125. The molecule has 2 rings (SSSR count). The lowest BCUT2D eigenvalue weighted by atomic mass is 10.1. The van der Waals surface area contributed by atoms with Crippen LogP contribution in [0.25, 0.3) is 0 Å². The molecule has 0 atom stereocenters. The van der Waals surface area contributed by atoms with E-state index in [2.05, 4.69) is 15.9 Å². The predicted octanol–water partition coefficient (Wildman–Crippen LogP) is 3.58. The molecule has 0 bridgehead atoms. The second kappa shape index (κ2) is 7.87. The molecule has 0 aliphatic carbocycles. The molecule has 0 saturated heterocycles. The zero-order valence-electron chi connectivity index (χ0n) is 12.2. The summed E-state index contributed by atoms with van der Waals surface area (Å²) >= 11 is 3.25. The number of rotatable bonds is 6. The van der Waals surface area contributed by atoms with Gasteiger partial charge in [0.2, 0.25) is 0 Å². The number of nitrogens with zero attached hydrogens (tertiary/aromatic N) is 1. The third-order valence-corrected chi connectivity index (χ3v) is 3.51.